The van der Waals surface area contributed by atoms with Gasteiger partial charge in [0.15, 0.2) is 0 Å². The first-order valence-electron chi connectivity index (χ1n) is 2.17. The van der Waals surface area contributed by atoms with Crippen molar-refractivity contribution in [1.29, 1.82) is 0 Å². The van der Waals surface area contributed by atoms with Crippen LogP contribution in [0.5, 0.6) is 0 Å². The molecule has 0 unspecified atom stereocenters. The minimum absolute atomic E-state index is 0.849. The largest absolute Gasteiger partial charge is 0.405 e. The molecule has 0 aromatic carbocycles. The second kappa shape index (κ2) is 3.84. The lowest BCUT2D eigenvalue weighted by atomic mass is 10.6. The summed E-state index contributed by atoms with van der Waals surface area (Å²) >= 11 is 1.44. The van der Waals surface area contributed by atoms with E-state index in [0.29, 0.717) is 0 Å². The second-order valence-corrected chi connectivity index (χ2v) is 1.93. The summed E-state index contributed by atoms with van der Waals surface area (Å²) in [5, 5.41) is 1.59. The van der Waals surface area contributed by atoms with Gasteiger partial charge in [0.05, 0.1) is 22.9 Å². The molecule has 0 heterocycles. The van der Waals surface area contributed by atoms with Crippen LogP contribution in [0.4, 0.5) is 18.0 Å². The van der Waals surface area contributed by atoms with E-state index >= 15 is 0 Å². The highest BCUT2D eigenvalue weighted by atomic mass is 127. The SMILES string of the molecule is O=C(NI)NCC(F)(F)F. The van der Waals surface area contributed by atoms with Gasteiger partial charge < -0.3 is 5.32 Å². The Balaban J connectivity index is 3.46. The fourth-order valence-electron chi connectivity index (χ4n) is 0.214. The van der Waals surface area contributed by atoms with E-state index in [1.165, 1.54) is 22.9 Å². The van der Waals surface area contributed by atoms with Crippen LogP contribution in [0.25, 0.3) is 0 Å². The molecule has 0 aromatic rings. The monoisotopic (exact) mass is 268 g/mol. The summed E-state index contributed by atoms with van der Waals surface area (Å²) in [6.45, 7) is -1.30. The van der Waals surface area contributed by atoms with Gasteiger partial charge in [0.1, 0.15) is 6.54 Å². The van der Waals surface area contributed by atoms with Crippen molar-refractivity contribution < 1.29 is 18.0 Å². The van der Waals surface area contributed by atoms with Crippen molar-refractivity contribution >= 4 is 28.9 Å². The Morgan fingerprint density at radius 2 is 2.00 bits per heavy atom. The first-order valence-corrected chi connectivity index (χ1v) is 3.25. The minimum Gasteiger partial charge on any atom is -0.328 e. The zero-order valence-electron chi connectivity index (χ0n) is 4.63. The summed E-state index contributed by atoms with van der Waals surface area (Å²) in [6, 6.07) is -0.849. The second-order valence-electron chi connectivity index (χ2n) is 1.39. The fraction of sp³-hybridized carbons (Fsp3) is 0.667. The summed E-state index contributed by atoms with van der Waals surface area (Å²) in [4.78, 5) is 10.1. The van der Waals surface area contributed by atoms with Crippen LogP contribution in [0.15, 0.2) is 0 Å². The number of rotatable bonds is 1. The maximum atomic E-state index is 11.3. The van der Waals surface area contributed by atoms with E-state index in [2.05, 4.69) is 0 Å². The van der Waals surface area contributed by atoms with Crippen LogP contribution >= 0.6 is 22.9 Å². The molecule has 0 bridgehead atoms. The predicted octanol–water partition coefficient (Wildman–Crippen LogP) is 1.20. The third-order valence-corrected chi connectivity index (χ3v) is 1.03. The lowest BCUT2D eigenvalue weighted by molar-refractivity contribution is -0.122. The number of halogens is 4. The van der Waals surface area contributed by atoms with Gasteiger partial charge in [0.2, 0.25) is 0 Å². The van der Waals surface area contributed by atoms with Gasteiger partial charge in [0, 0.05) is 0 Å². The van der Waals surface area contributed by atoms with Gasteiger partial charge in [-0.05, 0) is 0 Å². The maximum absolute atomic E-state index is 11.3. The lowest BCUT2D eigenvalue weighted by Gasteiger charge is -2.05. The van der Waals surface area contributed by atoms with Gasteiger partial charge in [-0.25, -0.2) is 4.79 Å². The molecule has 60 valence electrons. The van der Waals surface area contributed by atoms with Crippen LogP contribution in [0.3, 0.4) is 0 Å². The van der Waals surface area contributed by atoms with E-state index in [-0.39, 0.29) is 0 Å². The highest BCUT2D eigenvalue weighted by Gasteiger charge is 2.27. The molecule has 7 heteroatoms. The molecule has 0 aromatic heterocycles. The quantitative estimate of drug-likeness (QED) is 0.544. The van der Waals surface area contributed by atoms with Gasteiger partial charge >= 0.3 is 12.2 Å². The molecule has 0 spiro atoms. The van der Waals surface area contributed by atoms with E-state index in [1.54, 1.807) is 5.32 Å². The topological polar surface area (TPSA) is 41.1 Å². The fourth-order valence-corrected chi connectivity index (χ4v) is 0.405. The van der Waals surface area contributed by atoms with Gasteiger partial charge in [-0.15, -0.1) is 0 Å². The van der Waals surface area contributed by atoms with Gasteiger partial charge in [0.25, 0.3) is 0 Å². The standard InChI is InChI=1S/C3H4F3IN2O/c4-3(5,6)1-8-2(10)9-7/h1H2,(H2,8,9,10). The molecule has 10 heavy (non-hydrogen) atoms. The number of urea groups is 1. The summed E-state index contributed by atoms with van der Waals surface area (Å²) in [7, 11) is 0. The number of hydrogen-bond donors (Lipinski definition) is 2. The number of carbonyl (C=O) groups excluding carboxylic acids is 1. The van der Waals surface area contributed by atoms with Crippen molar-refractivity contribution in [2.24, 2.45) is 0 Å². The summed E-state index contributed by atoms with van der Waals surface area (Å²) in [6.07, 6.45) is -4.34. The van der Waals surface area contributed by atoms with Crippen LogP contribution in [-0.4, -0.2) is 18.8 Å². The molecule has 2 amide bonds. The van der Waals surface area contributed by atoms with Gasteiger partial charge in [-0.3, -0.25) is 3.53 Å². The van der Waals surface area contributed by atoms with Crippen LogP contribution in [0.2, 0.25) is 0 Å². The third kappa shape index (κ3) is 5.92. The predicted molar refractivity (Wildman–Crippen MR) is 36.6 cm³/mol. The van der Waals surface area contributed by atoms with Crippen molar-refractivity contribution in [1.82, 2.24) is 8.85 Å². The summed E-state index contributed by atoms with van der Waals surface area (Å²) in [5.41, 5.74) is 0. The Labute approximate surface area is 68.8 Å². The van der Waals surface area contributed by atoms with Crippen molar-refractivity contribution in [2.45, 2.75) is 6.18 Å². The molecule has 0 aliphatic carbocycles. The average molecular weight is 268 g/mol. The number of nitrogens with one attached hydrogen (secondary N) is 2. The summed E-state index contributed by atoms with van der Waals surface area (Å²) in [5.74, 6) is 0. The number of amides is 2. The Kier molecular flexibility index (Phi) is 3.76. The zero-order chi connectivity index (χ0) is 8.20. The van der Waals surface area contributed by atoms with Crippen molar-refractivity contribution in [2.75, 3.05) is 6.54 Å². The Hall–Kier alpha value is -0.210. The molecular weight excluding hydrogens is 264 g/mol. The first kappa shape index (κ1) is 9.79. The summed E-state index contributed by atoms with van der Waals surface area (Å²) < 4.78 is 35.9. The molecule has 0 atom stereocenters. The maximum Gasteiger partial charge on any atom is 0.405 e. The molecule has 0 aliphatic rings. The highest BCUT2D eigenvalue weighted by Crippen LogP contribution is 2.11. The molecule has 0 saturated heterocycles. The molecule has 0 saturated carbocycles. The molecule has 0 aliphatic heterocycles. The Morgan fingerprint density at radius 3 is 2.30 bits per heavy atom. The third-order valence-electron chi connectivity index (χ3n) is 0.535. The van der Waals surface area contributed by atoms with Crippen LogP contribution in [0.1, 0.15) is 0 Å². The lowest BCUT2D eigenvalue weighted by Crippen LogP contribution is -2.37. The van der Waals surface area contributed by atoms with E-state index in [1.807, 2.05) is 3.53 Å². The minimum atomic E-state index is -4.34. The first-order chi connectivity index (χ1) is 4.45. The van der Waals surface area contributed by atoms with E-state index in [9.17, 15) is 18.0 Å². The van der Waals surface area contributed by atoms with Crippen LogP contribution < -0.4 is 8.85 Å². The smallest absolute Gasteiger partial charge is 0.328 e. The van der Waals surface area contributed by atoms with Gasteiger partial charge in [-0.2, -0.15) is 13.2 Å². The molecule has 3 nitrogen and oxygen atoms in total. The van der Waals surface area contributed by atoms with E-state index < -0.39 is 18.8 Å². The molecule has 2 N–H and O–H groups in total. The normalized spacial score (nSPS) is 10.8. The van der Waals surface area contributed by atoms with Crippen LogP contribution in [0, 0.1) is 0 Å². The molecular formula is C3H4F3IN2O. The number of carbonyl (C=O) groups is 1. The van der Waals surface area contributed by atoms with Crippen molar-refractivity contribution in [3.05, 3.63) is 0 Å². The van der Waals surface area contributed by atoms with Crippen molar-refractivity contribution in [3.8, 4) is 0 Å². The van der Waals surface area contributed by atoms with Crippen LogP contribution in [-0.2, 0) is 0 Å². The van der Waals surface area contributed by atoms with Gasteiger partial charge in [-0.1, -0.05) is 0 Å². The average Bonchev–Trinajstić information content (AvgIpc) is 1.81. The van der Waals surface area contributed by atoms with Crippen molar-refractivity contribution in [3.63, 3.8) is 0 Å². The highest BCUT2D eigenvalue weighted by molar-refractivity contribution is 14.1. The molecule has 0 fully saturated rings. The zero-order valence-corrected chi connectivity index (χ0v) is 6.78. The van der Waals surface area contributed by atoms with E-state index in [0.717, 1.165) is 0 Å². The number of hydrogen-bond acceptors (Lipinski definition) is 1. The molecule has 0 radical (unpaired) electrons. The number of alkyl halides is 3. The Morgan fingerprint density at radius 1 is 1.50 bits per heavy atom. The van der Waals surface area contributed by atoms with E-state index in [4.69, 9.17) is 0 Å². The Bertz CT molecular complexity index is 125. The molecule has 0 rings (SSSR count).